The van der Waals surface area contributed by atoms with E-state index in [-0.39, 0.29) is 0 Å². The van der Waals surface area contributed by atoms with Crippen LogP contribution in [0.4, 0.5) is 8.78 Å². The van der Waals surface area contributed by atoms with E-state index in [1.807, 2.05) is 0 Å². The fourth-order valence-corrected chi connectivity index (χ4v) is 1.91. The molecule has 2 N–H and O–H groups in total. The molecule has 1 aromatic carbocycles. The van der Waals surface area contributed by atoms with Crippen molar-refractivity contribution in [2.75, 3.05) is 0 Å². The average molecular weight is 200 g/mol. The maximum Gasteiger partial charge on any atom is 0.161 e. The minimum atomic E-state index is -0.874. The number of fused-ring (bicyclic) bond motifs is 1. The van der Waals surface area contributed by atoms with Gasteiger partial charge in [0.1, 0.15) is 5.01 Å². The smallest absolute Gasteiger partial charge is 0.161 e. The first-order valence-corrected chi connectivity index (χ1v) is 4.47. The maximum atomic E-state index is 12.7. The van der Waals surface area contributed by atoms with Gasteiger partial charge in [-0.3, -0.25) is 0 Å². The summed E-state index contributed by atoms with van der Waals surface area (Å²) < 4.78 is 26.1. The molecular weight excluding hydrogens is 194 g/mol. The molecule has 2 aromatic rings. The summed E-state index contributed by atoms with van der Waals surface area (Å²) in [6.45, 7) is 0.294. The van der Waals surface area contributed by atoms with Gasteiger partial charge >= 0.3 is 0 Å². The molecule has 68 valence electrons. The van der Waals surface area contributed by atoms with Crippen LogP contribution in [0.25, 0.3) is 10.2 Å². The van der Waals surface area contributed by atoms with Gasteiger partial charge in [-0.05, 0) is 6.07 Å². The van der Waals surface area contributed by atoms with Gasteiger partial charge in [0.2, 0.25) is 0 Å². The molecule has 1 aromatic heterocycles. The van der Waals surface area contributed by atoms with Crippen molar-refractivity contribution < 1.29 is 8.78 Å². The Morgan fingerprint density at radius 2 is 2.00 bits per heavy atom. The van der Waals surface area contributed by atoms with E-state index in [2.05, 4.69) is 4.98 Å². The third-order valence-corrected chi connectivity index (χ3v) is 2.69. The second kappa shape index (κ2) is 3.01. The summed E-state index contributed by atoms with van der Waals surface area (Å²) in [7, 11) is 0. The van der Waals surface area contributed by atoms with Crippen molar-refractivity contribution in [1.82, 2.24) is 4.98 Å². The standard InChI is InChI=1S/C8H6F2N2S/c9-4-1-6-7(2-5(4)10)13-8(3-11)12-6/h1-2H,3,11H2. The van der Waals surface area contributed by atoms with Crippen LogP contribution >= 0.6 is 11.3 Å². The number of nitrogens with zero attached hydrogens (tertiary/aromatic N) is 1. The van der Waals surface area contributed by atoms with Crippen LogP contribution in [0.5, 0.6) is 0 Å². The maximum absolute atomic E-state index is 12.7. The second-order valence-electron chi connectivity index (χ2n) is 2.55. The molecule has 2 rings (SSSR count). The minimum Gasteiger partial charge on any atom is -0.325 e. The van der Waals surface area contributed by atoms with Gasteiger partial charge in [-0.1, -0.05) is 0 Å². The Hall–Kier alpha value is -1.07. The lowest BCUT2D eigenvalue weighted by atomic mass is 10.3. The Kier molecular flexibility index (Phi) is 1.97. The molecule has 0 saturated heterocycles. The fraction of sp³-hybridized carbons (Fsp3) is 0.125. The van der Waals surface area contributed by atoms with Gasteiger partial charge < -0.3 is 5.73 Å². The van der Waals surface area contributed by atoms with E-state index in [9.17, 15) is 8.78 Å². The predicted molar refractivity (Wildman–Crippen MR) is 47.4 cm³/mol. The van der Waals surface area contributed by atoms with E-state index < -0.39 is 11.6 Å². The first kappa shape index (κ1) is 8.52. The first-order valence-electron chi connectivity index (χ1n) is 3.65. The molecule has 2 nitrogen and oxygen atoms in total. The SMILES string of the molecule is NCc1nc2cc(F)c(F)cc2s1. The second-order valence-corrected chi connectivity index (χ2v) is 3.66. The third kappa shape index (κ3) is 1.40. The lowest BCUT2D eigenvalue weighted by molar-refractivity contribution is 0.511. The van der Waals surface area contributed by atoms with Crippen LogP contribution in [0.3, 0.4) is 0 Å². The number of hydrogen-bond acceptors (Lipinski definition) is 3. The van der Waals surface area contributed by atoms with Crippen LogP contribution in [-0.2, 0) is 6.54 Å². The van der Waals surface area contributed by atoms with Crippen LogP contribution in [0, 0.1) is 11.6 Å². The van der Waals surface area contributed by atoms with Gasteiger partial charge in [0.25, 0.3) is 0 Å². The van der Waals surface area contributed by atoms with Gasteiger partial charge in [0.15, 0.2) is 11.6 Å². The zero-order valence-corrected chi connectivity index (χ0v) is 7.37. The Bertz CT molecular complexity index is 414. The number of thiazole rings is 1. The van der Waals surface area contributed by atoms with Crippen LogP contribution in [-0.4, -0.2) is 4.98 Å². The zero-order valence-electron chi connectivity index (χ0n) is 6.55. The molecule has 1 heterocycles. The van der Waals surface area contributed by atoms with Crippen LogP contribution in [0.2, 0.25) is 0 Å². The van der Waals surface area contributed by atoms with E-state index in [4.69, 9.17) is 5.73 Å². The van der Waals surface area contributed by atoms with E-state index >= 15 is 0 Å². The molecular formula is C8H6F2N2S. The summed E-state index contributed by atoms with van der Waals surface area (Å²) in [5, 5.41) is 0.681. The quantitative estimate of drug-likeness (QED) is 0.765. The van der Waals surface area contributed by atoms with Crippen molar-refractivity contribution in [2.24, 2.45) is 5.73 Å². The van der Waals surface area contributed by atoms with E-state index in [1.165, 1.54) is 11.3 Å². The lowest BCUT2D eigenvalue weighted by Crippen LogP contribution is -1.93. The Morgan fingerprint density at radius 1 is 1.31 bits per heavy atom. The number of benzene rings is 1. The summed E-state index contributed by atoms with van der Waals surface area (Å²) >= 11 is 1.28. The summed E-state index contributed by atoms with van der Waals surface area (Å²) in [6, 6.07) is 2.22. The van der Waals surface area contributed by atoms with Gasteiger partial charge in [0.05, 0.1) is 10.2 Å². The summed E-state index contributed by atoms with van der Waals surface area (Å²) in [5.74, 6) is -1.72. The van der Waals surface area contributed by atoms with E-state index in [0.717, 1.165) is 12.1 Å². The average Bonchev–Trinajstić information content (AvgIpc) is 2.48. The molecule has 0 bridgehead atoms. The van der Waals surface area contributed by atoms with Crippen molar-refractivity contribution in [2.45, 2.75) is 6.54 Å². The van der Waals surface area contributed by atoms with Crippen LogP contribution in [0.15, 0.2) is 12.1 Å². The largest absolute Gasteiger partial charge is 0.325 e. The van der Waals surface area contributed by atoms with Crippen LogP contribution in [0.1, 0.15) is 5.01 Å². The highest BCUT2D eigenvalue weighted by atomic mass is 32.1. The Morgan fingerprint density at radius 3 is 2.69 bits per heavy atom. The van der Waals surface area contributed by atoms with Gasteiger partial charge in [-0.15, -0.1) is 11.3 Å². The molecule has 13 heavy (non-hydrogen) atoms. The van der Waals surface area contributed by atoms with Crippen molar-refractivity contribution in [3.8, 4) is 0 Å². The highest BCUT2D eigenvalue weighted by Gasteiger charge is 2.07. The lowest BCUT2D eigenvalue weighted by Gasteiger charge is -1.90. The normalized spacial score (nSPS) is 11.0. The van der Waals surface area contributed by atoms with Crippen molar-refractivity contribution in [3.05, 3.63) is 28.8 Å². The number of hydrogen-bond donors (Lipinski definition) is 1. The molecule has 0 aliphatic heterocycles. The molecule has 0 saturated carbocycles. The molecule has 0 fully saturated rings. The minimum absolute atomic E-state index is 0.294. The topological polar surface area (TPSA) is 38.9 Å². The van der Waals surface area contributed by atoms with Crippen molar-refractivity contribution in [1.29, 1.82) is 0 Å². The monoisotopic (exact) mass is 200 g/mol. The molecule has 0 aliphatic rings. The van der Waals surface area contributed by atoms with Crippen LogP contribution < -0.4 is 5.73 Å². The number of nitrogens with two attached hydrogens (primary N) is 1. The number of halogens is 2. The Labute approximate surface area is 77.0 Å². The predicted octanol–water partition coefficient (Wildman–Crippen LogP) is 2.03. The first-order chi connectivity index (χ1) is 6.20. The van der Waals surface area contributed by atoms with Gasteiger partial charge in [-0.2, -0.15) is 0 Å². The highest BCUT2D eigenvalue weighted by molar-refractivity contribution is 7.18. The van der Waals surface area contributed by atoms with Crippen molar-refractivity contribution in [3.63, 3.8) is 0 Å². The molecule has 0 unspecified atom stereocenters. The molecule has 0 aliphatic carbocycles. The molecule has 0 spiro atoms. The molecule has 0 radical (unpaired) electrons. The highest BCUT2D eigenvalue weighted by Crippen LogP contribution is 2.24. The van der Waals surface area contributed by atoms with E-state index in [0.29, 0.717) is 21.8 Å². The number of rotatable bonds is 1. The van der Waals surface area contributed by atoms with Crippen molar-refractivity contribution >= 4 is 21.6 Å². The Balaban J connectivity index is 2.70. The summed E-state index contributed by atoms with van der Waals surface area (Å²) in [4.78, 5) is 4.02. The molecule has 0 atom stereocenters. The summed E-state index contributed by atoms with van der Waals surface area (Å²) in [5.41, 5.74) is 5.81. The molecule has 0 amide bonds. The molecule has 5 heteroatoms. The fourth-order valence-electron chi connectivity index (χ4n) is 1.06. The summed E-state index contributed by atoms with van der Waals surface area (Å²) in [6.07, 6.45) is 0. The van der Waals surface area contributed by atoms with Gasteiger partial charge in [0, 0.05) is 12.6 Å². The van der Waals surface area contributed by atoms with Gasteiger partial charge in [-0.25, -0.2) is 13.8 Å². The third-order valence-electron chi connectivity index (χ3n) is 1.65. The zero-order chi connectivity index (χ0) is 9.42. The number of aromatic nitrogens is 1. The van der Waals surface area contributed by atoms with E-state index in [1.54, 1.807) is 0 Å².